The van der Waals surface area contributed by atoms with Gasteiger partial charge in [-0.25, -0.2) is 4.98 Å². The number of aromatic nitrogens is 1. The standard InChI is InChI=1S/C15H13NO2/c1-10-14(9-17)16-15(18-10)13-7-6-11-4-2-3-5-12(11)8-13/h2-8,17H,9H2,1H3. The molecule has 0 bridgehead atoms. The number of aliphatic hydroxyl groups excluding tert-OH is 1. The van der Waals surface area contributed by atoms with Crippen molar-refractivity contribution in [3.8, 4) is 11.5 Å². The van der Waals surface area contributed by atoms with E-state index >= 15 is 0 Å². The van der Waals surface area contributed by atoms with Crippen LogP contribution in [0.1, 0.15) is 11.5 Å². The second-order valence-electron chi connectivity index (χ2n) is 4.24. The van der Waals surface area contributed by atoms with Crippen molar-refractivity contribution in [1.82, 2.24) is 4.98 Å². The molecule has 0 saturated heterocycles. The number of hydrogen-bond donors (Lipinski definition) is 1. The highest BCUT2D eigenvalue weighted by atomic mass is 16.4. The summed E-state index contributed by atoms with van der Waals surface area (Å²) in [7, 11) is 0. The third kappa shape index (κ3) is 1.79. The minimum atomic E-state index is -0.0943. The molecule has 0 saturated carbocycles. The van der Waals surface area contributed by atoms with Gasteiger partial charge in [0.25, 0.3) is 0 Å². The quantitative estimate of drug-likeness (QED) is 0.746. The van der Waals surface area contributed by atoms with Crippen LogP contribution in [0.15, 0.2) is 46.9 Å². The Morgan fingerprint density at radius 3 is 2.61 bits per heavy atom. The van der Waals surface area contributed by atoms with Gasteiger partial charge < -0.3 is 9.52 Å². The van der Waals surface area contributed by atoms with Gasteiger partial charge in [0.1, 0.15) is 11.5 Å². The Kier molecular flexibility index (Phi) is 2.61. The summed E-state index contributed by atoms with van der Waals surface area (Å²) in [4.78, 5) is 4.29. The number of rotatable bonds is 2. The van der Waals surface area contributed by atoms with Crippen molar-refractivity contribution in [2.75, 3.05) is 0 Å². The SMILES string of the molecule is Cc1oc(-c2ccc3ccccc3c2)nc1CO. The van der Waals surface area contributed by atoms with Crippen molar-refractivity contribution in [2.45, 2.75) is 13.5 Å². The lowest BCUT2D eigenvalue weighted by molar-refractivity contribution is 0.275. The molecule has 0 atom stereocenters. The van der Waals surface area contributed by atoms with E-state index in [2.05, 4.69) is 17.1 Å². The molecule has 0 unspecified atom stereocenters. The fraction of sp³-hybridized carbons (Fsp3) is 0.133. The van der Waals surface area contributed by atoms with Gasteiger partial charge in [0.05, 0.1) is 6.61 Å². The van der Waals surface area contributed by atoms with Crippen LogP contribution in [-0.4, -0.2) is 10.1 Å². The molecule has 0 aliphatic rings. The smallest absolute Gasteiger partial charge is 0.226 e. The van der Waals surface area contributed by atoms with Crippen molar-refractivity contribution < 1.29 is 9.52 Å². The van der Waals surface area contributed by atoms with Crippen LogP contribution in [0.3, 0.4) is 0 Å². The van der Waals surface area contributed by atoms with E-state index in [1.54, 1.807) is 0 Å². The van der Waals surface area contributed by atoms with Crippen LogP contribution in [0.4, 0.5) is 0 Å². The number of nitrogens with zero attached hydrogens (tertiary/aromatic N) is 1. The minimum Gasteiger partial charge on any atom is -0.441 e. The first kappa shape index (κ1) is 11.0. The molecule has 0 spiro atoms. The van der Waals surface area contributed by atoms with Crippen LogP contribution >= 0.6 is 0 Å². The second-order valence-corrected chi connectivity index (χ2v) is 4.24. The molecular weight excluding hydrogens is 226 g/mol. The summed E-state index contributed by atoms with van der Waals surface area (Å²) >= 11 is 0. The summed E-state index contributed by atoms with van der Waals surface area (Å²) in [6, 6.07) is 14.2. The maximum absolute atomic E-state index is 9.13. The average Bonchev–Trinajstić information content (AvgIpc) is 2.79. The largest absolute Gasteiger partial charge is 0.441 e. The molecule has 1 aromatic heterocycles. The lowest BCUT2D eigenvalue weighted by atomic mass is 10.1. The van der Waals surface area contributed by atoms with Gasteiger partial charge in [-0.2, -0.15) is 0 Å². The van der Waals surface area contributed by atoms with Crippen LogP contribution < -0.4 is 0 Å². The Morgan fingerprint density at radius 1 is 1.11 bits per heavy atom. The Morgan fingerprint density at radius 2 is 1.89 bits per heavy atom. The van der Waals surface area contributed by atoms with E-state index < -0.39 is 0 Å². The third-order valence-electron chi connectivity index (χ3n) is 3.04. The van der Waals surface area contributed by atoms with Gasteiger partial charge in [-0.3, -0.25) is 0 Å². The van der Waals surface area contributed by atoms with Crippen molar-refractivity contribution in [3.63, 3.8) is 0 Å². The molecule has 0 fully saturated rings. The summed E-state index contributed by atoms with van der Waals surface area (Å²) in [5.41, 5.74) is 1.52. The highest BCUT2D eigenvalue weighted by Crippen LogP contribution is 2.25. The molecule has 1 heterocycles. The van der Waals surface area contributed by atoms with E-state index in [-0.39, 0.29) is 6.61 Å². The molecule has 0 aliphatic carbocycles. The lowest BCUT2D eigenvalue weighted by Gasteiger charge is -1.99. The highest BCUT2D eigenvalue weighted by Gasteiger charge is 2.10. The molecule has 0 radical (unpaired) electrons. The zero-order valence-corrected chi connectivity index (χ0v) is 10.1. The van der Waals surface area contributed by atoms with Gasteiger partial charge in [-0.15, -0.1) is 0 Å². The molecule has 3 heteroatoms. The monoisotopic (exact) mass is 239 g/mol. The number of aliphatic hydroxyl groups is 1. The predicted octanol–water partition coefficient (Wildman–Crippen LogP) is 3.30. The van der Waals surface area contributed by atoms with E-state index in [1.165, 1.54) is 5.39 Å². The van der Waals surface area contributed by atoms with Crippen molar-refractivity contribution in [1.29, 1.82) is 0 Å². The van der Waals surface area contributed by atoms with Crippen molar-refractivity contribution in [2.24, 2.45) is 0 Å². The average molecular weight is 239 g/mol. The molecule has 3 aromatic rings. The Labute approximate surface area is 105 Å². The fourth-order valence-electron chi connectivity index (χ4n) is 2.02. The van der Waals surface area contributed by atoms with E-state index in [9.17, 15) is 0 Å². The van der Waals surface area contributed by atoms with Crippen LogP contribution in [0.2, 0.25) is 0 Å². The Hall–Kier alpha value is -2.13. The van der Waals surface area contributed by atoms with E-state index in [1.807, 2.05) is 37.3 Å². The van der Waals surface area contributed by atoms with Gasteiger partial charge >= 0.3 is 0 Å². The first-order valence-corrected chi connectivity index (χ1v) is 5.84. The molecule has 3 rings (SSSR count). The molecule has 2 aromatic carbocycles. The summed E-state index contributed by atoms with van der Waals surface area (Å²) < 4.78 is 5.57. The molecule has 3 nitrogen and oxygen atoms in total. The van der Waals surface area contributed by atoms with Crippen molar-refractivity contribution >= 4 is 10.8 Å². The maximum atomic E-state index is 9.13. The molecule has 0 amide bonds. The Bertz CT molecular complexity index is 701. The number of benzene rings is 2. The zero-order chi connectivity index (χ0) is 12.5. The first-order valence-electron chi connectivity index (χ1n) is 5.84. The molecule has 90 valence electrons. The zero-order valence-electron chi connectivity index (χ0n) is 10.1. The van der Waals surface area contributed by atoms with Gasteiger partial charge in [-0.1, -0.05) is 30.3 Å². The number of hydrogen-bond acceptors (Lipinski definition) is 3. The first-order chi connectivity index (χ1) is 8.78. The predicted molar refractivity (Wildman–Crippen MR) is 70.1 cm³/mol. The second kappa shape index (κ2) is 4.27. The lowest BCUT2D eigenvalue weighted by Crippen LogP contribution is -1.85. The summed E-state index contributed by atoms with van der Waals surface area (Å²) in [6.07, 6.45) is 0. The third-order valence-corrected chi connectivity index (χ3v) is 3.04. The normalized spacial score (nSPS) is 11.0. The van der Waals surface area contributed by atoms with Gasteiger partial charge in [0.2, 0.25) is 5.89 Å². The summed E-state index contributed by atoms with van der Waals surface area (Å²) in [5.74, 6) is 1.22. The molecule has 1 N–H and O–H groups in total. The molecule has 18 heavy (non-hydrogen) atoms. The van der Waals surface area contributed by atoms with E-state index in [4.69, 9.17) is 9.52 Å². The van der Waals surface area contributed by atoms with Crippen LogP contribution in [0.5, 0.6) is 0 Å². The van der Waals surface area contributed by atoms with Crippen LogP contribution in [0.25, 0.3) is 22.2 Å². The number of fused-ring (bicyclic) bond motifs is 1. The van der Waals surface area contributed by atoms with Gasteiger partial charge in [-0.05, 0) is 29.8 Å². The van der Waals surface area contributed by atoms with Crippen molar-refractivity contribution in [3.05, 3.63) is 53.9 Å². The van der Waals surface area contributed by atoms with Crippen LogP contribution in [-0.2, 0) is 6.61 Å². The summed E-state index contributed by atoms with van der Waals surface area (Å²) in [5, 5.41) is 11.5. The van der Waals surface area contributed by atoms with Crippen LogP contribution in [0, 0.1) is 6.92 Å². The molecule has 0 aliphatic heterocycles. The van der Waals surface area contributed by atoms with Gasteiger partial charge in [0, 0.05) is 5.56 Å². The minimum absolute atomic E-state index is 0.0943. The van der Waals surface area contributed by atoms with Gasteiger partial charge in [0.15, 0.2) is 0 Å². The topological polar surface area (TPSA) is 46.3 Å². The maximum Gasteiger partial charge on any atom is 0.226 e. The fourth-order valence-corrected chi connectivity index (χ4v) is 2.02. The number of oxazole rings is 1. The molecular formula is C15H13NO2. The van der Waals surface area contributed by atoms with E-state index in [0.717, 1.165) is 10.9 Å². The highest BCUT2D eigenvalue weighted by molar-refractivity contribution is 5.86. The van der Waals surface area contributed by atoms with E-state index in [0.29, 0.717) is 17.3 Å². The number of aryl methyl sites for hydroxylation is 1. The summed E-state index contributed by atoms with van der Waals surface area (Å²) in [6.45, 7) is 1.71. The Balaban J connectivity index is 2.13.